The van der Waals surface area contributed by atoms with E-state index in [1.165, 1.54) is 119 Å². The number of hydrogen-bond acceptors (Lipinski definition) is 0. The van der Waals surface area contributed by atoms with Gasteiger partial charge in [-0.1, -0.05) is 128 Å². The van der Waals surface area contributed by atoms with Crippen molar-refractivity contribution in [3.05, 3.63) is 176 Å². The molecule has 1 saturated carbocycles. The van der Waals surface area contributed by atoms with Crippen LogP contribution in [0.15, 0.2) is 176 Å². The average molecular weight is 745 g/mol. The molecular weight excluding hydrogens is 705 g/mol. The fourth-order valence-corrected chi connectivity index (χ4v) is 10.9. The molecule has 1 aliphatic rings. The number of benzene rings is 8. The summed E-state index contributed by atoms with van der Waals surface area (Å²) in [6, 6.07) is 66.1. The van der Waals surface area contributed by atoms with Gasteiger partial charge in [0.25, 0.3) is 0 Å². The van der Waals surface area contributed by atoms with Crippen LogP contribution in [0.2, 0.25) is 0 Å². The molecule has 8 aromatic carbocycles. The molecule has 0 bridgehead atoms. The van der Waals surface area contributed by atoms with Crippen molar-refractivity contribution in [2.75, 3.05) is 0 Å². The third-order valence-electron chi connectivity index (χ3n) is 13.3. The topological polar surface area (TPSA) is 19.7 Å². The lowest BCUT2D eigenvalue weighted by Crippen LogP contribution is -2.12. The monoisotopic (exact) mass is 744 g/mol. The maximum atomic E-state index is 2.69. The van der Waals surface area contributed by atoms with Crippen LogP contribution < -0.4 is 0 Å². The number of rotatable bonds is 4. The molecule has 58 heavy (non-hydrogen) atoms. The second kappa shape index (κ2) is 12.2. The predicted octanol–water partition coefficient (Wildman–Crippen LogP) is 14.6. The molecule has 12 aromatic rings. The molecule has 276 valence electrons. The van der Waals surface area contributed by atoms with Crippen LogP contribution in [-0.2, 0) is 0 Å². The Hall–Kier alpha value is -7.04. The van der Waals surface area contributed by atoms with Gasteiger partial charge in [-0.05, 0) is 79.6 Å². The zero-order valence-corrected chi connectivity index (χ0v) is 32.1. The number of fused-ring (bicyclic) bond motifs is 13. The van der Waals surface area contributed by atoms with E-state index in [0.29, 0.717) is 6.04 Å². The van der Waals surface area contributed by atoms with Crippen LogP contribution in [0.3, 0.4) is 0 Å². The van der Waals surface area contributed by atoms with Gasteiger partial charge in [0, 0.05) is 71.7 Å². The van der Waals surface area contributed by atoms with Gasteiger partial charge in [-0.15, -0.1) is 0 Å². The molecule has 1 aliphatic carbocycles. The van der Waals surface area contributed by atoms with Gasteiger partial charge in [-0.2, -0.15) is 0 Å². The van der Waals surface area contributed by atoms with Gasteiger partial charge in [0.2, 0.25) is 0 Å². The van der Waals surface area contributed by atoms with Crippen molar-refractivity contribution >= 4 is 87.2 Å². The summed E-state index contributed by atoms with van der Waals surface area (Å²) in [5.74, 6) is 0. The molecule has 0 unspecified atom stereocenters. The van der Waals surface area contributed by atoms with Gasteiger partial charge in [-0.3, -0.25) is 0 Å². The summed E-state index contributed by atoms with van der Waals surface area (Å²) in [5.41, 5.74) is 13.5. The average Bonchev–Trinajstić information content (AvgIpc) is 4.01. The van der Waals surface area contributed by atoms with Crippen LogP contribution in [0, 0.1) is 0 Å². The Morgan fingerprint density at radius 2 is 0.741 bits per heavy atom. The highest BCUT2D eigenvalue weighted by Crippen LogP contribution is 2.44. The molecular formula is C54H40N4. The lowest BCUT2D eigenvalue weighted by atomic mass is 9.95. The third kappa shape index (κ3) is 4.40. The molecule has 4 heterocycles. The van der Waals surface area contributed by atoms with E-state index in [1.54, 1.807) is 0 Å². The molecule has 1 fully saturated rings. The molecule has 4 nitrogen and oxygen atoms in total. The van der Waals surface area contributed by atoms with E-state index in [2.05, 4.69) is 194 Å². The fraction of sp³-hybridized carbons (Fsp3) is 0.111. The highest BCUT2D eigenvalue weighted by atomic mass is 15.1. The summed E-state index contributed by atoms with van der Waals surface area (Å²) in [5, 5.41) is 10.3. The van der Waals surface area contributed by atoms with Crippen molar-refractivity contribution in [1.29, 1.82) is 0 Å². The smallest absolute Gasteiger partial charge is 0.0788 e. The molecule has 0 spiro atoms. The van der Waals surface area contributed by atoms with Gasteiger partial charge >= 0.3 is 0 Å². The Kier molecular flexibility index (Phi) is 6.77. The Morgan fingerprint density at radius 3 is 1.38 bits per heavy atom. The van der Waals surface area contributed by atoms with Crippen molar-refractivity contribution < 1.29 is 0 Å². The molecule has 13 rings (SSSR count). The first-order valence-electron chi connectivity index (χ1n) is 20.9. The van der Waals surface area contributed by atoms with Gasteiger partial charge in [0.15, 0.2) is 0 Å². The molecule has 0 saturated heterocycles. The minimum atomic E-state index is 0.539. The van der Waals surface area contributed by atoms with Crippen molar-refractivity contribution in [2.45, 2.75) is 38.1 Å². The molecule has 4 heteroatoms. The van der Waals surface area contributed by atoms with E-state index in [9.17, 15) is 0 Å². The van der Waals surface area contributed by atoms with Crippen molar-refractivity contribution in [1.82, 2.24) is 18.3 Å². The summed E-state index contributed by atoms with van der Waals surface area (Å²) in [7, 11) is 0. The van der Waals surface area contributed by atoms with E-state index < -0.39 is 0 Å². The highest BCUT2D eigenvalue weighted by molar-refractivity contribution is 6.24. The minimum Gasteiger partial charge on any atom is -0.337 e. The standard InChI is InChI=1S/C54H40N4/c1-3-16-35(17-4-1)55-47-26-11-9-24-41(47)45-34-52-46(33-51(45)55)42-25-10-12-27-48(42)56(52)37-20-15-21-38(32-37)58-50-29-14-8-23-40(50)44-31-30-43-39-22-7-13-28-49(39)57(53(43)54(44)58)36-18-5-2-6-19-36/h2,5-15,18-35H,1,3-4,16-17H2. The van der Waals surface area contributed by atoms with Gasteiger partial charge < -0.3 is 18.3 Å². The normalized spacial score (nSPS) is 14.1. The van der Waals surface area contributed by atoms with E-state index in [1.807, 2.05) is 0 Å². The summed E-state index contributed by atoms with van der Waals surface area (Å²) < 4.78 is 10.2. The van der Waals surface area contributed by atoms with E-state index in [4.69, 9.17) is 0 Å². The zero-order valence-electron chi connectivity index (χ0n) is 32.1. The van der Waals surface area contributed by atoms with E-state index >= 15 is 0 Å². The maximum absolute atomic E-state index is 2.69. The van der Waals surface area contributed by atoms with E-state index in [-0.39, 0.29) is 0 Å². The second-order valence-corrected chi connectivity index (χ2v) is 16.3. The number of para-hydroxylation sites is 5. The molecule has 0 atom stereocenters. The lowest BCUT2D eigenvalue weighted by Gasteiger charge is -2.25. The number of nitrogens with zero attached hydrogens (tertiary/aromatic N) is 4. The first-order valence-corrected chi connectivity index (χ1v) is 20.9. The highest BCUT2D eigenvalue weighted by Gasteiger charge is 2.24. The second-order valence-electron chi connectivity index (χ2n) is 16.3. The Balaban J connectivity index is 1.11. The number of hydrogen-bond donors (Lipinski definition) is 0. The Labute approximate surface area is 335 Å². The van der Waals surface area contributed by atoms with Crippen LogP contribution in [0.25, 0.3) is 104 Å². The molecule has 0 radical (unpaired) electrons. The zero-order chi connectivity index (χ0) is 37.9. The van der Waals surface area contributed by atoms with Crippen molar-refractivity contribution in [2.24, 2.45) is 0 Å². The van der Waals surface area contributed by atoms with Crippen molar-refractivity contribution in [3.8, 4) is 17.1 Å². The lowest BCUT2D eigenvalue weighted by molar-refractivity contribution is 0.367. The Bertz CT molecular complexity index is 3600. The predicted molar refractivity (Wildman–Crippen MR) is 245 cm³/mol. The number of aromatic nitrogens is 4. The summed E-state index contributed by atoms with van der Waals surface area (Å²) in [6.45, 7) is 0. The minimum absolute atomic E-state index is 0.539. The van der Waals surface area contributed by atoms with Crippen molar-refractivity contribution in [3.63, 3.8) is 0 Å². The first-order chi connectivity index (χ1) is 28.8. The summed E-state index contributed by atoms with van der Waals surface area (Å²) in [4.78, 5) is 0. The quantitative estimate of drug-likeness (QED) is 0.171. The van der Waals surface area contributed by atoms with Crippen LogP contribution >= 0.6 is 0 Å². The summed E-state index contributed by atoms with van der Waals surface area (Å²) in [6.07, 6.45) is 6.47. The van der Waals surface area contributed by atoms with Gasteiger partial charge in [0.05, 0.1) is 38.6 Å². The largest absolute Gasteiger partial charge is 0.337 e. The molecule has 0 amide bonds. The Morgan fingerprint density at radius 1 is 0.293 bits per heavy atom. The maximum Gasteiger partial charge on any atom is 0.0788 e. The van der Waals surface area contributed by atoms with Gasteiger partial charge in [-0.25, -0.2) is 0 Å². The van der Waals surface area contributed by atoms with Crippen LogP contribution in [0.5, 0.6) is 0 Å². The van der Waals surface area contributed by atoms with Crippen LogP contribution in [0.4, 0.5) is 0 Å². The fourth-order valence-electron chi connectivity index (χ4n) is 10.9. The van der Waals surface area contributed by atoms with E-state index in [0.717, 1.165) is 17.1 Å². The SMILES string of the molecule is c1ccc(-n2c3ccccc3c3ccc4c5ccccc5n(-c5cccc(-n6c7ccccc7c7cc8c(cc76)c6ccccc6n8C6CCCCC6)c5)c4c32)cc1. The van der Waals surface area contributed by atoms with Crippen LogP contribution in [-0.4, -0.2) is 18.3 Å². The van der Waals surface area contributed by atoms with Crippen LogP contribution in [0.1, 0.15) is 38.1 Å². The molecule has 0 N–H and O–H groups in total. The third-order valence-corrected chi connectivity index (χ3v) is 13.3. The molecule has 4 aromatic heterocycles. The van der Waals surface area contributed by atoms with Gasteiger partial charge in [0.1, 0.15) is 0 Å². The molecule has 0 aliphatic heterocycles. The summed E-state index contributed by atoms with van der Waals surface area (Å²) >= 11 is 0. The first kappa shape index (κ1) is 32.1.